The van der Waals surface area contributed by atoms with Gasteiger partial charge in [-0.3, -0.25) is 9.13 Å². The van der Waals surface area contributed by atoms with Crippen molar-refractivity contribution in [3.63, 3.8) is 0 Å². The van der Waals surface area contributed by atoms with Crippen LogP contribution in [0, 0.1) is 0 Å². The first-order valence-corrected chi connectivity index (χ1v) is 41.9. The van der Waals surface area contributed by atoms with E-state index in [9.17, 15) is 0 Å². The predicted molar refractivity (Wildman–Crippen MR) is 473 cm³/mol. The summed E-state index contributed by atoms with van der Waals surface area (Å²) >= 11 is 3.67. The lowest BCUT2D eigenvalue weighted by Gasteiger charge is -2.34. The first-order chi connectivity index (χ1) is 54.0. The fraction of sp³-hybridized carbons (Fsp3) is 0.00990. The fourth-order valence-corrected chi connectivity index (χ4v) is 27.1. The highest BCUT2D eigenvalue weighted by Crippen LogP contribution is 2.41. The summed E-state index contributed by atoms with van der Waals surface area (Å²) in [4.78, 5) is 3.38. The van der Waals surface area contributed by atoms with Crippen LogP contribution in [0.15, 0.2) is 426 Å². The zero-order chi connectivity index (χ0) is 72.4. The highest BCUT2D eigenvalue weighted by Gasteiger charge is 2.43. The molecule has 16 aromatic carbocycles. The number of nitrogens with zero attached hydrogens (tertiary/aromatic N) is 3. The average Bonchev–Trinajstić information content (AvgIpc) is 1.16. The largest absolute Gasteiger partial charge is 0.439 e. The zero-order valence-corrected chi connectivity index (χ0v) is 62.9. The van der Waals surface area contributed by atoms with Crippen molar-refractivity contribution in [1.29, 1.82) is 0 Å². The molecule has 0 amide bonds. The minimum absolute atomic E-state index is 0. The first-order valence-electron chi connectivity index (χ1n) is 37.1. The number of nitrogens with one attached hydrogen (secondary N) is 1. The van der Waals surface area contributed by atoms with E-state index in [1.54, 1.807) is 0 Å². The smallest absolute Gasteiger partial charge is 0.213 e. The van der Waals surface area contributed by atoms with Crippen LogP contribution >= 0.6 is 15.9 Å². The lowest BCUT2D eigenvalue weighted by atomic mass is 10.1. The van der Waals surface area contributed by atoms with Crippen LogP contribution in [-0.2, 0) is 0 Å². The van der Waals surface area contributed by atoms with Crippen LogP contribution in [0.1, 0.15) is 7.43 Å². The van der Waals surface area contributed by atoms with Crippen LogP contribution in [0.25, 0.3) is 127 Å². The Labute approximate surface area is 647 Å². The molecule has 22 rings (SSSR count). The molecule has 0 saturated carbocycles. The Morgan fingerprint density at radius 3 is 0.809 bits per heavy atom. The monoisotopic (exact) mass is 1510 g/mol. The van der Waals surface area contributed by atoms with Crippen LogP contribution in [0.4, 0.5) is 0 Å². The number of H-pyrrole nitrogens is 1. The third-order valence-electron chi connectivity index (χ3n) is 22.2. The lowest BCUT2D eigenvalue weighted by molar-refractivity contribution is 0.645. The third-order valence-corrected chi connectivity index (χ3v) is 32.3. The number of hydrogen-bond acceptors (Lipinski definition) is 2. The summed E-state index contributed by atoms with van der Waals surface area (Å²) in [6, 6.07) is 149. The molecule has 110 heavy (non-hydrogen) atoms. The maximum absolute atomic E-state index is 6.59. The molecular weight excluding hydrogens is 1440 g/mol. The van der Waals surface area contributed by atoms with Crippen molar-refractivity contribution in [2.24, 2.45) is 0 Å². The average molecular weight is 1510 g/mol. The van der Waals surface area contributed by atoms with Crippen LogP contribution in [0.5, 0.6) is 0 Å². The maximum Gasteiger partial charge on any atom is 0.213 e. The molecule has 0 spiro atoms. The van der Waals surface area contributed by atoms with E-state index in [4.69, 9.17) is 8.83 Å². The minimum Gasteiger partial charge on any atom is -0.439 e. The molecular formula is C101H73BrN4O2Si2. The Bertz CT molecular complexity index is 6900. The molecule has 0 saturated heterocycles. The first kappa shape index (κ1) is 67.3. The molecule has 1 N–H and O–H groups in total. The molecule has 0 aliphatic carbocycles. The van der Waals surface area contributed by atoms with E-state index in [-0.39, 0.29) is 7.43 Å². The SMILES string of the molecule is Brc1ccc([Si](c2ccccc2)(c2ccccc2)c2ccc(-n3c4ccccc4c4c5ccccc5oc43)cc2)cc1.C.c1ccc([Si](c2ccccc2)(c2ccc(-n3c4ccccc4c4ccccc43)cc2)c2ccc(-n3c4ccccc4c4c5ccccc5oc43)cc2)cc1.c1ccc2c(c1)[nH]c1ccccc12. The van der Waals surface area contributed by atoms with Crippen molar-refractivity contribution < 1.29 is 8.83 Å². The number of rotatable bonds is 11. The number of furan rings is 2. The van der Waals surface area contributed by atoms with Crippen molar-refractivity contribution >= 4 is 183 Å². The summed E-state index contributed by atoms with van der Waals surface area (Å²) in [5.41, 5.74) is 14.0. The van der Waals surface area contributed by atoms with Gasteiger partial charge in [0.1, 0.15) is 11.2 Å². The van der Waals surface area contributed by atoms with Gasteiger partial charge in [0.05, 0.1) is 32.8 Å². The summed E-state index contributed by atoms with van der Waals surface area (Å²) < 4.78 is 21.1. The van der Waals surface area contributed by atoms with Gasteiger partial charge in [0, 0.05) is 75.7 Å². The normalized spacial score (nSPS) is 11.8. The standard InChI is InChI=1S/C50H34N2OSi.C38H26BrNOSi.C12H9N.CH4/c1-3-15-37(16-4-1)54(38-17-5-2-6-18-38,39-31-27-35(28-32-39)51-45-23-11-7-19-41(45)42-20-8-12-24-46(42)51)40-33-29-36(30-34-40)52-47-25-13-9-21-43(47)49-44-22-10-14-26-48(44)53-50(49)52;39-27-19-23-31(24-20-27)42(29-11-3-1-4-12-29,30-13-5-2-6-14-30)32-25-21-28(22-26-32)40-35-17-9-7-15-33(35)37-34-16-8-10-18-36(34)41-38(37)40;1-3-7-11-9(5-1)10-6-2-4-8-12(10)13-11;/h1-34H;1-26H;1-8,13H;1H4. The molecule has 6 aromatic heterocycles. The number of para-hydroxylation sites is 8. The van der Waals surface area contributed by atoms with Gasteiger partial charge in [0.15, 0.2) is 16.1 Å². The topological polar surface area (TPSA) is 56.9 Å². The van der Waals surface area contributed by atoms with E-state index in [2.05, 4.69) is 435 Å². The Hall–Kier alpha value is -13.3. The summed E-state index contributed by atoms with van der Waals surface area (Å²) in [6.45, 7) is 0. The van der Waals surface area contributed by atoms with Crippen molar-refractivity contribution in [3.8, 4) is 17.1 Å². The Morgan fingerprint density at radius 2 is 0.464 bits per heavy atom. The second kappa shape index (κ2) is 28.1. The molecule has 0 aliphatic heterocycles. The molecule has 0 aliphatic rings. The van der Waals surface area contributed by atoms with Crippen LogP contribution < -0.4 is 41.5 Å². The molecule has 6 nitrogen and oxygen atoms in total. The van der Waals surface area contributed by atoms with E-state index in [1.807, 2.05) is 12.1 Å². The molecule has 0 fully saturated rings. The highest BCUT2D eigenvalue weighted by atomic mass is 79.9. The number of benzene rings is 16. The van der Waals surface area contributed by atoms with Crippen molar-refractivity contribution in [2.75, 3.05) is 0 Å². The van der Waals surface area contributed by atoms with Crippen LogP contribution in [-0.4, -0.2) is 34.8 Å². The molecule has 0 bridgehead atoms. The molecule has 0 atom stereocenters. The van der Waals surface area contributed by atoms with Crippen molar-refractivity contribution in [3.05, 3.63) is 417 Å². The van der Waals surface area contributed by atoms with Gasteiger partial charge in [-0.05, 0) is 139 Å². The molecule has 524 valence electrons. The van der Waals surface area contributed by atoms with Gasteiger partial charge in [-0.2, -0.15) is 0 Å². The van der Waals surface area contributed by atoms with Gasteiger partial charge >= 0.3 is 0 Å². The molecule has 0 radical (unpaired) electrons. The van der Waals surface area contributed by atoms with Gasteiger partial charge < -0.3 is 18.4 Å². The summed E-state index contributed by atoms with van der Waals surface area (Å²) in [6.07, 6.45) is 0. The summed E-state index contributed by atoms with van der Waals surface area (Å²) in [5, 5.41) is 22.9. The number of aromatic amines is 1. The number of aromatic nitrogens is 4. The number of fused-ring (bicyclic) bond motifs is 16. The number of hydrogen-bond donors (Lipinski definition) is 1. The Balaban J connectivity index is 0.000000129. The summed E-state index contributed by atoms with van der Waals surface area (Å²) in [5.74, 6) is 0. The molecule has 22 aromatic rings. The molecule has 6 heterocycles. The Kier molecular flexibility index (Phi) is 17.2. The van der Waals surface area contributed by atoms with Crippen molar-refractivity contribution in [1.82, 2.24) is 18.7 Å². The summed E-state index contributed by atoms with van der Waals surface area (Å²) in [7, 11) is -5.42. The highest BCUT2D eigenvalue weighted by molar-refractivity contribution is 9.10. The maximum atomic E-state index is 6.59. The van der Waals surface area contributed by atoms with Crippen LogP contribution in [0.2, 0.25) is 0 Å². The van der Waals surface area contributed by atoms with Crippen LogP contribution in [0.3, 0.4) is 0 Å². The fourth-order valence-electron chi connectivity index (χ4n) is 17.4. The molecule has 9 heteroatoms. The van der Waals surface area contributed by atoms with E-state index >= 15 is 0 Å². The van der Waals surface area contributed by atoms with E-state index in [1.165, 1.54) is 95.9 Å². The van der Waals surface area contributed by atoms with Gasteiger partial charge in [-0.25, -0.2) is 0 Å². The van der Waals surface area contributed by atoms with Gasteiger partial charge in [0.25, 0.3) is 0 Å². The lowest BCUT2D eigenvalue weighted by Crippen LogP contribution is -2.74. The Morgan fingerprint density at radius 1 is 0.218 bits per heavy atom. The quantitative estimate of drug-likeness (QED) is 0.104. The number of halogens is 1. The van der Waals surface area contributed by atoms with E-state index < -0.39 is 16.1 Å². The van der Waals surface area contributed by atoms with E-state index in [0.717, 1.165) is 76.7 Å². The predicted octanol–water partition coefficient (Wildman–Crippen LogP) is 21.6. The van der Waals surface area contributed by atoms with E-state index in [0.29, 0.717) is 0 Å². The van der Waals surface area contributed by atoms with Gasteiger partial charge in [-0.1, -0.05) is 339 Å². The van der Waals surface area contributed by atoms with Gasteiger partial charge in [0.2, 0.25) is 11.4 Å². The molecule has 0 unspecified atom stereocenters. The second-order valence-electron chi connectivity index (χ2n) is 28.0. The third kappa shape index (κ3) is 11.0. The zero-order valence-electron chi connectivity index (χ0n) is 59.3. The van der Waals surface area contributed by atoms with Gasteiger partial charge in [-0.15, -0.1) is 0 Å². The second-order valence-corrected chi connectivity index (χ2v) is 36.5. The minimum atomic E-state index is -2.80. The van der Waals surface area contributed by atoms with Crippen molar-refractivity contribution in [2.45, 2.75) is 7.43 Å².